The zero-order valence-corrected chi connectivity index (χ0v) is 24.9. The number of carbonyl (C=O) groups excluding carboxylic acids is 1. The number of ether oxygens (including phenoxy) is 2. The molecule has 2 unspecified atom stereocenters. The van der Waals surface area contributed by atoms with Crippen molar-refractivity contribution in [1.82, 2.24) is 5.32 Å². The summed E-state index contributed by atoms with van der Waals surface area (Å²) in [6.45, 7) is 5.70. The molecule has 1 saturated carbocycles. The van der Waals surface area contributed by atoms with Crippen LogP contribution in [0.5, 0.6) is 0 Å². The maximum Gasteiger partial charge on any atom is 1.00 e. The Bertz CT molecular complexity index is 1050. The van der Waals surface area contributed by atoms with Gasteiger partial charge in [0, 0.05) is 12.2 Å². The minimum absolute atomic E-state index is 0. The molecule has 0 radical (unpaired) electrons. The molecule has 0 heterocycles. The second-order valence-corrected chi connectivity index (χ2v) is 11.2. The first-order chi connectivity index (χ1) is 18.4. The molecule has 2 aromatic rings. The third kappa shape index (κ3) is 10.6. The Morgan fingerprint density at radius 3 is 2.54 bits per heavy atom. The second kappa shape index (κ2) is 17.8. The van der Waals surface area contributed by atoms with Gasteiger partial charge in [0.15, 0.2) is 0 Å². The van der Waals surface area contributed by atoms with Crippen LogP contribution in [0, 0.1) is 12.8 Å². The molecular formula is C31H44LiNO5S. The third-order valence-electron chi connectivity index (χ3n) is 7.29. The average molecular weight is 550 g/mol. The third-order valence-corrected chi connectivity index (χ3v) is 7.94. The number of benzene rings is 2. The number of aryl methyl sites for hydroxylation is 1. The number of hydrogen-bond donors (Lipinski definition) is 2. The van der Waals surface area contributed by atoms with Crippen molar-refractivity contribution in [1.29, 1.82) is 0 Å². The number of amides is 1. The summed E-state index contributed by atoms with van der Waals surface area (Å²) in [7, 11) is 0. The van der Waals surface area contributed by atoms with E-state index < -0.39 is 12.0 Å². The van der Waals surface area contributed by atoms with Crippen LogP contribution in [0.4, 0.5) is 0 Å². The van der Waals surface area contributed by atoms with Gasteiger partial charge in [-0.2, -0.15) is 11.8 Å². The molecule has 210 valence electrons. The van der Waals surface area contributed by atoms with E-state index in [0.717, 1.165) is 28.7 Å². The molecule has 2 atom stereocenters. The smallest absolute Gasteiger partial charge is 1.00 e. The van der Waals surface area contributed by atoms with Gasteiger partial charge in [0.05, 0.1) is 19.3 Å². The van der Waals surface area contributed by atoms with Crippen LogP contribution in [-0.2, 0) is 20.9 Å². The molecule has 1 aliphatic rings. The Morgan fingerprint density at radius 2 is 1.87 bits per heavy atom. The summed E-state index contributed by atoms with van der Waals surface area (Å²) in [6, 6.07) is 12.7. The predicted molar refractivity (Wildman–Crippen MR) is 156 cm³/mol. The van der Waals surface area contributed by atoms with Gasteiger partial charge in [0.2, 0.25) is 0 Å². The summed E-state index contributed by atoms with van der Waals surface area (Å²) in [4.78, 5) is 25.1. The van der Waals surface area contributed by atoms with E-state index in [1.54, 1.807) is 17.8 Å². The molecule has 3 rings (SSSR count). The van der Waals surface area contributed by atoms with Gasteiger partial charge in [0.1, 0.15) is 6.04 Å². The van der Waals surface area contributed by atoms with Gasteiger partial charge in [-0.05, 0) is 79.0 Å². The fourth-order valence-electron chi connectivity index (χ4n) is 5.15. The molecular weight excluding hydrogens is 505 g/mol. The van der Waals surface area contributed by atoms with Crippen molar-refractivity contribution in [3.05, 3.63) is 59.2 Å². The van der Waals surface area contributed by atoms with Gasteiger partial charge < -0.3 is 21.3 Å². The van der Waals surface area contributed by atoms with Crippen molar-refractivity contribution in [3.63, 3.8) is 0 Å². The van der Waals surface area contributed by atoms with Gasteiger partial charge >= 0.3 is 24.8 Å². The number of thioether (sulfide) groups is 1. The van der Waals surface area contributed by atoms with Crippen LogP contribution in [0.25, 0.3) is 11.1 Å². The van der Waals surface area contributed by atoms with Crippen LogP contribution in [0.15, 0.2) is 42.5 Å². The molecule has 2 aromatic carbocycles. The molecule has 0 saturated heterocycles. The Balaban J connectivity index is 0.00000400. The second-order valence-electron chi connectivity index (χ2n) is 10.2. The Kier molecular flexibility index (Phi) is 15.3. The molecule has 0 bridgehead atoms. The largest absolute Gasteiger partial charge is 1.00 e. The van der Waals surface area contributed by atoms with Crippen molar-refractivity contribution in [3.8, 4) is 11.1 Å². The van der Waals surface area contributed by atoms with Crippen molar-refractivity contribution in [2.24, 2.45) is 5.92 Å². The summed E-state index contributed by atoms with van der Waals surface area (Å²) >= 11 is 1.56. The first-order valence-corrected chi connectivity index (χ1v) is 15.2. The summed E-state index contributed by atoms with van der Waals surface area (Å²) in [5.41, 5.74) is 4.21. The summed E-state index contributed by atoms with van der Waals surface area (Å²) in [5.74, 6) is -0.0536. The maximum absolute atomic E-state index is 13.3. The number of carbonyl (C=O) groups is 2. The van der Waals surface area contributed by atoms with E-state index >= 15 is 0 Å². The Hall–Kier alpha value is -1.75. The zero-order valence-electron chi connectivity index (χ0n) is 25.0. The number of carboxylic acids is 1. The summed E-state index contributed by atoms with van der Waals surface area (Å²) < 4.78 is 12.1. The van der Waals surface area contributed by atoms with Crippen LogP contribution >= 0.6 is 11.8 Å². The molecule has 8 heteroatoms. The molecule has 0 aromatic heterocycles. The quantitative estimate of drug-likeness (QED) is 0.330. The molecule has 1 amide bonds. The molecule has 1 aliphatic carbocycles. The van der Waals surface area contributed by atoms with E-state index in [2.05, 4.69) is 5.32 Å². The van der Waals surface area contributed by atoms with Crippen LogP contribution in [-0.4, -0.2) is 54.4 Å². The number of nitrogens with one attached hydrogen (secondary N) is 1. The molecule has 39 heavy (non-hydrogen) atoms. The van der Waals surface area contributed by atoms with Gasteiger partial charge in [0.25, 0.3) is 5.91 Å². The molecule has 0 spiro atoms. The Morgan fingerprint density at radius 1 is 1.13 bits per heavy atom. The van der Waals surface area contributed by atoms with Gasteiger partial charge in [-0.25, -0.2) is 4.79 Å². The monoisotopic (exact) mass is 549 g/mol. The summed E-state index contributed by atoms with van der Waals surface area (Å²) in [6.07, 6.45) is 9.81. The van der Waals surface area contributed by atoms with Crippen LogP contribution in [0.1, 0.15) is 74.8 Å². The van der Waals surface area contributed by atoms with E-state index in [-0.39, 0.29) is 32.3 Å². The molecule has 6 nitrogen and oxygen atoms in total. The first kappa shape index (κ1) is 33.5. The van der Waals surface area contributed by atoms with Gasteiger partial charge in [-0.15, -0.1) is 0 Å². The first-order valence-electron chi connectivity index (χ1n) is 13.8. The van der Waals surface area contributed by atoms with Crippen LogP contribution in [0.2, 0.25) is 0 Å². The normalized spacial score (nSPS) is 15.3. The van der Waals surface area contributed by atoms with E-state index in [1.807, 2.05) is 56.5 Å². The predicted octanol–water partition coefficient (Wildman–Crippen LogP) is 3.61. The van der Waals surface area contributed by atoms with Crippen molar-refractivity contribution in [2.45, 2.75) is 77.5 Å². The van der Waals surface area contributed by atoms with Gasteiger partial charge in [-0.1, -0.05) is 62.4 Å². The number of aliphatic carboxylic acids is 1. The van der Waals surface area contributed by atoms with E-state index in [4.69, 9.17) is 9.47 Å². The summed E-state index contributed by atoms with van der Waals surface area (Å²) in [5, 5.41) is 12.4. The fourth-order valence-corrected chi connectivity index (χ4v) is 5.62. The standard InChI is InChI=1S/C31H43NO5S.Li.H/c1-4-36-21-25(18-23-11-6-5-7-12-23)37-20-24-14-15-27(28(19-24)26-13-9-8-10-22(26)2)30(33)32-29(31(34)35)16-17-38-3;;/h8-10,13-15,19,23,25,29H,4-7,11-12,16-18,20-21H2,1-3H3,(H,32,33)(H,34,35);;/q;+1;-1. The van der Waals surface area contributed by atoms with Crippen LogP contribution in [0.3, 0.4) is 0 Å². The molecule has 1 fully saturated rings. The van der Waals surface area contributed by atoms with E-state index in [9.17, 15) is 14.7 Å². The zero-order chi connectivity index (χ0) is 27.3. The van der Waals surface area contributed by atoms with Crippen molar-refractivity contribution >= 4 is 23.6 Å². The minimum atomic E-state index is -1.02. The van der Waals surface area contributed by atoms with Crippen LogP contribution < -0.4 is 24.2 Å². The Labute approximate surface area is 251 Å². The molecule has 2 N–H and O–H groups in total. The number of carboxylic acid groups (broad SMARTS) is 1. The minimum Gasteiger partial charge on any atom is -1.00 e. The SMILES string of the molecule is CCOCC(CC1CCCCC1)OCc1ccc(C(=O)NC(CCSC)C(=O)O)c(-c2ccccc2C)c1.[H-].[Li+]. The topological polar surface area (TPSA) is 84.9 Å². The molecule has 0 aliphatic heterocycles. The fraction of sp³-hybridized carbons (Fsp3) is 0.548. The van der Waals surface area contributed by atoms with Gasteiger partial charge in [-0.3, -0.25) is 4.79 Å². The van der Waals surface area contributed by atoms with E-state index in [1.165, 1.54) is 32.1 Å². The number of hydrogen-bond acceptors (Lipinski definition) is 5. The maximum atomic E-state index is 13.3. The van der Waals surface area contributed by atoms with Crippen molar-refractivity contribution < 1.29 is 44.5 Å². The average Bonchev–Trinajstić information content (AvgIpc) is 2.93. The van der Waals surface area contributed by atoms with Crippen molar-refractivity contribution in [2.75, 3.05) is 25.2 Å². The van der Waals surface area contributed by atoms with E-state index in [0.29, 0.717) is 43.5 Å². The number of rotatable bonds is 15.